The Kier molecular flexibility index (Phi) is 5.56. The molecule has 1 aromatic carbocycles. The van der Waals surface area contributed by atoms with Crippen molar-refractivity contribution in [1.29, 1.82) is 0 Å². The molecule has 1 aromatic rings. The van der Waals surface area contributed by atoms with Crippen molar-refractivity contribution in [3.8, 4) is 0 Å². The predicted molar refractivity (Wildman–Crippen MR) is 81.0 cm³/mol. The van der Waals surface area contributed by atoms with Crippen LogP contribution in [0.4, 0.5) is 0 Å². The van der Waals surface area contributed by atoms with Gasteiger partial charge in [0.1, 0.15) is 0 Å². The molecular weight excluding hydrogens is 234 g/mol. The number of nitrogens with one attached hydrogen (secondary N) is 1. The van der Waals surface area contributed by atoms with Crippen LogP contribution in [0, 0.1) is 12.8 Å². The first kappa shape index (κ1) is 15.2. The van der Waals surface area contributed by atoms with Crippen molar-refractivity contribution in [2.75, 3.05) is 7.05 Å². The number of rotatable bonds is 6. The number of carbonyl (C=O) groups is 1. The standard InChI is InChI=1S/C17H23NO/c1-12(2)17(19)14(4)10-16(18-5)11-15-8-6-13(3)7-9-15/h6-10,12,18H,4,11H2,1-3,5H3/b16-10-. The molecule has 0 amide bonds. The SMILES string of the molecule is C=C(/C=C(/Cc1ccc(C)cc1)NC)C(=O)C(C)C. The molecule has 1 rings (SSSR count). The fourth-order valence-electron chi connectivity index (χ4n) is 1.79. The number of aryl methyl sites for hydroxylation is 1. The second-order valence-electron chi connectivity index (χ2n) is 5.13. The van der Waals surface area contributed by atoms with E-state index in [1.807, 2.05) is 27.0 Å². The highest BCUT2D eigenvalue weighted by atomic mass is 16.1. The molecule has 0 fully saturated rings. The van der Waals surface area contributed by atoms with E-state index in [-0.39, 0.29) is 11.7 Å². The number of carbonyl (C=O) groups excluding carboxylic acids is 1. The van der Waals surface area contributed by atoms with Crippen molar-refractivity contribution in [2.24, 2.45) is 5.92 Å². The van der Waals surface area contributed by atoms with Crippen LogP contribution in [-0.4, -0.2) is 12.8 Å². The number of benzene rings is 1. The van der Waals surface area contributed by atoms with Crippen LogP contribution in [0.1, 0.15) is 25.0 Å². The zero-order valence-corrected chi connectivity index (χ0v) is 12.3. The molecule has 0 aliphatic carbocycles. The number of Topliss-reactive ketones (excluding diaryl/α,β-unsaturated/α-hetero) is 1. The first-order valence-electron chi connectivity index (χ1n) is 6.61. The number of hydrogen-bond acceptors (Lipinski definition) is 2. The average Bonchev–Trinajstić information content (AvgIpc) is 2.39. The molecule has 0 heterocycles. The van der Waals surface area contributed by atoms with Gasteiger partial charge < -0.3 is 5.32 Å². The molecule has 0 saturated heterocycles. The number of hydrogen-bond donors (Lipinski definition) is 1. The quantitative estimate of drug-likeness (QED) is 0.625. The van der Waals surface area contributed by atoms with Crippen molar-refractivity contribution in [3.63, 3.8) is 0 Å². The van der Waals surface area contributed by atoms with E-state index in [1.54, 1.807) is 0 Å². The monoisotopic (exact) mass is 257 g/mol. The van der Waals surface area contributed by atoms with Gasteiger partial charge in [0.2, 0.25) is 0 Å². The van der Waals surface area contributed by atoms with E-state index < -0.39 is 0 Å². The molecule has 2 heteroatoms. The highest BCUT2D eigenvalue weighted by Crippen LogP contribution is 2.12. The smallest absolute Gasteiger partial charge is 0.164 e. The van der Waals surface area contributed by atoms with Crippen molar-refractivity contribution < 1.29 is 4.79 Å². The van der Waals surface area contributed by atoms with Gasteiger partial charge >= 0.3 is 0 Å². The van der Waals surface area contributed by atoms with Crippen molar-refractivity contribution >= 4 is 5.78 Å². The number of allylic oxidation sites excluding steroid dienone is 3. The Morgan fingerprint density at radius 2 is 1.89 bits per heavy atom. The third-order valence-electron chi connectivity index (χ3n) is 3.03. The Labute approximate surface area is 116 Å². The van der Waals surface area contributed by atoms with Crippen LogP contribution in [0.2, 0.25) is 0 Å². The molecule has 0 unspecified atom stereocenters. The van der Waals surface area contributed by atoms with Crippen LogP contribution in [0.3, 0.4) is 0 Å². The summed E-state index contributed by atoms with van der Waals surface area (Å²) < 4.78 is 0. The van der Waals surface area contributed by atoms with Gasteiger partial charge in [-0.1, -0.05) is 50.3 Å². The third kappa shape index (κ3) is 4.74. The molecule has 19 heavy (non-hydrogen) atoms. The number of ketones is 1. The van der Waals surface area contributed by atoms with Gasteiger partial charge in [-0.25, -0.2) is 0 Å². The maximum absolute atomic E-state index is 11.8. The van der Waals surface area contributed by atoms with Crippen molar-refractivity contribution in [1.82, 2.24) is 5.32 Å². The van der Waals surface area contributed by atoms with Crippen LogP contribution in [0.15, 0.2) is 48.2 Å². The van der Waals surface area contributed by atoms with E-state index >= 15 is 0 Å². The summed E-state index contributed by atoms with van der Waals surface area (Å²) in [5.41, 5.74) is 4.03. The molecule has 1 N–H and O–H groups in total. The van der Waals surface area contributed by atoms with Gasteiger partial charge in [-0.05, 0) is 18.6 Å². The Balaban J connectivity index is 2.80. The van der Waals surface area contributed by atoms with Crippen LogP contribution in [0.5, 0.6) is 0 Å². The van der Waals surface area contributed by atoms with E-state index in [0.717, 1.165) is 12.1 Å². The molecule has 0 atom stereocenters. The second-order valence-corrected chi connectivity index (χ2v) is 5.13. The van der Waals surface area contributed by atoms with Gasteiger partial charge in [0.25, 0.3) is 0 Å². The molecule has 0 saturated carbocycles. The third-order valence-corrected chi connectivity index (χ3v) is 3.03. The summed E-state index contributed by atoms with van der Waals surface area (Å²) in [6.07, 6.45) is 2.63. The second kappa shape index (κ2) is 6.93. The lowest BCUT2D eigenvalue weighted by Gasteiger charge is -2.10. The van der Waals surface area contributed by atoms with Crippen LogP contribution in [0.25, 0.3) is 0 Å². The first-order valence-corrected chi connectivity index (χ1v) is 6.61. The predicted octanol–water partition coefficient (Wildman–Crippen LogP) is 3.42. The van der Waals surface area contributed by atoms with E-state index in [1.165, 1.54) is 11.1 Å². The van der Waals surface area contributed by atoms with Crippen LogP contribution in [-0.2, 0) is 11.2 Å². The molecule has 0 aliphatic heterocycles. The van der Waals surface area contributed by atoms with Crippen molar-refractivity contribution in [3.05, 3.63) is 59.3 Å². The summed E-state index contributed by atoms with van der Waals surface area (Å²) in [7, 11) is 1.87. The van der Waals surface area contributed by atoms with Crippen molar-refractivity contribution in [2.45, 2.75) is 27.2 Å². The summed E-state index contributed by atoms with van der Waals surface area (Å²) >= 11 is 0. The molecule has 102 valence electrons. The fourth-order valence-corrected chi connectivity index (χ4v) is 1.79. The Hall–Kier alpha value is -1.83. The average molecular weight is 257 g/mol. The Morgan fingerprint density at radius 1 is 1.32 bits per heavy atom. The Bertz CT molecular complexity index is 480. The number of likely N-dealkylation sites (N-methyl/N-ethyl adjacent to an activating group) is 1. The summed E-state index contributed by atoms with van der Waals surface area (Å²) in [5.74, 6) is 0.0814. The normalized spacial score (nSPS) is 11.5. The maximum atomic E-state index is 11.8. The lowest BCUT2D eigenvalue weighted by molar-refractivity contribution is -0.117. The van der Waals surface area contributed by atoms with E-state index in [9.17, 15) is 4.79 Å². The minimum Gasteiger partial charge on any atom is -0.391 e. The highest BCUT2D eigenvalue weighted by Gasteiger charge is 2.10. The Morgan fingerprint density at radius 3 is 2.37 bits per heavy atom. The minimum atomic E-state index is -0.0127. The van der Waals surface area contributed by atoms with Gasteiger partial charge in [0.15, 0.2) is 5.78 Å². The molecule has 0 aromatic heterocycles. The van der Waals surface area contributed by atoms with Gasteiger partial charge in [-0.2, -0.15) is 0 Å². The van der Waals surface area contributed by atoms with Gasteiger partial charge in [-0.15, -0.1) is 0 Å². The lowest BCUT2D eigenvalue weighted by Crippen LogP contribution is -2.13. The van der Waals surface area contributed by atoms with Gasteiger partial charge in [0.05, 0.1) is 0 Å². The highest BCUT2D eigenvalue weighted by molar-refractivity contribution is 5.98. The zero-order valence-electron chi connectivity index (χ0n) is 12.3. The molecular formula is C17H23NO. The lowest BCUT2D eigenvalue weighted by atomic mass is 10.00. The van der Waals surface area contributed by atoms with E-state index in [0.29, 0.717) is 5.57 Å². The topological polar surface area (TPSA) is 29.1 Å². The molecule has 2 nitrogen and oxygen atoms in total. The molecule has 0 radical (unpaired) electrons. The molecule has 0 bridgehead atoms. The van der Waals surface area contributed by atoms with Gasteiger partial charge in [-0.3, -0.25) is 4.79 Å². The summed E-state index contributed by atoms with van der Waals surface area (Å²) in [6.45, 7) is 9.70. The molecule has 0 aliphatic rings. The fraction of sp³-hybridized carbons (Fsp3) is 0.353. The van der Waals surface area contributed by atoms with Crippen LogP contribution >= 0.6 is 0 Å². The van der Waals surface area contributed by atoms with Crippen LogP contribution < -0.4 is 5.32 Å². The summed E-state index contributed by atoms with van der Waals surface area (Å²) in [4.78, 5) is 11.8. The maximum Gasteiger partial charge on any atom is 0.164 e. The van der Waals surface area contributed by atoms with E-state index in [4.69, 9.17) is 0 Å². The summed E-state index contributed by atoms with van der Waals surface area (Å²) in [5, 5.41) is 3.14. The zero-order chi connectivity index (χ0) is 14.4. The minimum absolute atomic E-state index is 0.0127. The molecule has 0 spiro atoms. The largest absolute Gasteiger partial charge is 0.391 e. The van der Waals surface area contributed by atoms with E-state index in [2.05, 4.69) is 43.1 Å². The van der Waals surface area contributed by atoms with Gasteiger partial charge in [0, 0.05) is 30.7 Å². The summed E-state index contributed by atoms with van der Waals surface area (Å²) in [6, 6.07) is 8.40. The first-order chi connectivity index (χ1) is 8.93.